The summed E-state index contributed by atoms with van der Waals surface area (Å²) < 4.78 is 1.25. The van der Waals surface area contributed by atoms with Crippen molar-refractivity contribution in [2.24, 2.45) is 5.92 Å². The van der Waals surface area contributed by atoms with Gasteiger partial charge in [0.1, 0.15) is 0 Å². The van der Waals surface area contributed by atoms with Crippen molar-refractivity contribution in [1.29, 1.82) is 0 Å². The quantitative estimate of drug-likeness (QED) is 0.658. The monoisotopic (exact) mass is 321 g/mol. The van der Waals surface area contributed by atoms with Gasteiger partial charge in [0, 0.05) is 29.4 Å². The highest BCUT2D eigenvalue weighted by atomic mass is 32.1. The van der Waals surface area contributed by atoms with Gasteiger partial charge in [0.2, 0.25) is 0 Å². The molecule has 0 spiro atoms. The van der Waals surface area contributed by atoms with Crippen LogP contribution in [0.1, 0.15) is 23.2 Å². The number of thiophene rings is 1. The van der Waals surface area contributed by atoms with E-state index < -0.39 is 0 Å². The maximum absolute atomic E-state index is 12.8. The van der Waals surface area contributed by atoms with Crippen LogP contribution in [0.3, 0.4) is 0 Å². The molecule has 0 atom stereocenters. The van der Waals surface area contributed by atoms with E-state index in [-0.39, 0.29) is 5.91 Å². The number of hydrogen-bond acceptors (Lipinski definition) is 2. The number of amides is 1. The Bertz CT molecular complexity index is 848. The first-order chi connectivity index (χ1) is 11.2. The molecule has 4 rings (SSSR count). The fraction of sp³-hybridized carbons (Fsp3) is 0.250. The van der Waals surface area contributed by atoms with E-state index in [0.29, 0.717) is 5.92 Å². The molecule has 0 unspecified atom stereocenters. The lowest BCUT2D eigenvalue weighted by Gasteiger charge is -2.17. The largest absolute Gasteiger partial charge is 0.341 e. The van der Waals surface area contributed by atoms with Gasteiger partial charge in [-0.2, -0.15) is 0 Å². The molecule has 23 heavy (non-hydrogen) atoms. The summed E-state index contributed by atoms with van der Waals surface area (Å²) in [4.78, 5) is 14.7. The van der Waals surface area contributed by atoms with Gasteiger partial charge in [-0.05, 0) is 53.3 Å². The zero-order valence-electron chi connectivity index (χ0n) is 13.2. The fourth-order valence-corrected chi connectivity index (χ4v) is 3.95. The van der Waals surface area contributed by atoms with E-state index in [0.717, 1.165) is 23.1 Å². The van der Waals surface area contributed by atoms with E-state index in [2.05, 4.69) is 29.6 Å². The number of carbonyl (C=O) groups excluding carboxylic acids is 1. The zero-order valence-corrected chi connectivity index (χ0v) is 14.0. The maximum Gasteiger partial charge on any atom is 0.253 e. The summed E-state index contributed by atoms with van der Waals surface area (Å²) in [5.74, 6) is 0.838. The standard InChI is InChI=1S/C20H19NOS/c1-21(13-14-7-8-14)20(22)17-11-16-9-10-23-19(16)18(12-17)15-5-3-2-4-6-15/h2-6,9-12,14H,7-8,13H2,1H3. The van der Waals surface area contributed by atoms with Crippen molar-refractivity contribution in [3.05, 3.63) is 59.5 Å². The summed E-state index contributed by atoms with van der Waals surface area (Å²) >= 11 is 1.73. The Morgan fingerprint density at radius 1 is 1.17 bits per heavy atom. The van der Waals surface area contributed by atoms with Crippen LogP contribution in [-0.4, -0.2) is 24.4 Å². The van der Waals surface area contributed by atoms with Crippen molar-refractivity contribution in [2.75, 3.05) is 13.6 Å². The third-order valence-electron chi connectivity index (χ3n) is 4.46. The second-order valence-corrected chi connectivity index (χ2v) is 7.27. The van der Waals surface area contributed by atoms with E-state index in [1.165, 1.54) is 23.1 Å². The molecule has 1 aliphatic carbocycles. The third-order valence-corrected chi connectivity index (χ3v) is 5.42. The van der Waals surface area contributed by atoms with Crippen molar-refractivity contribution >= 4 is 27.3 Å². The Labute approximate surface area is 140 Å². The lowest BCUT2D eigenvalue weighted by molar-refractivity contribution is 0.0789. The van der Waals surface area contributed by atoms with Gasteiger partial charge >= 0.3 is 0 Å². The van der Waals surface area contributed by atoms with Crippen LogP contribution in [0.5, 0.6) is 0 Å². The van der Waals surface area contributed by atoms with Crippen LogP contribution in [0.2, 0.25) is 0 Å². The maximum atomic E-state index is 12.8. The van der Waals surface area contributed by atoms with Crippen molar-refractivity contribution in [3.8, 4) is 11.1 Å². The summed E-state index contributed by atoms with van der Waals surface area (Å²) in [5, 5.41) is 3.25. The van der Waals surface area contributed by atoms with E-state index >= 15 is 0 Å². The lowest BCUT2D eigenvalue weighted by Crippen LogP contribution is -2.28. The molecule has 1 saturated carbocycles. The van der Waals surface area contributed by atoms with Crippen LogP contribution in [0.15, 0.2) is 53.9 Å². The van der Waals surface area contributed by atoms with Crippen LogP contribution in [0, 0.1) is 5.92 Å². The molecule has 0 N–H and O–H groups in total. The van der Waals surface area contributed by atoms with Crippen molar-refractivity contribution in [3.63, 3.8) is 0 Å². The summed E-state index contributed by atoms with van der Waals surface area (Å²) in [6, 6.07) is 16.5. The molecule has 1 fully saturated rings. The van der Waals surface area contributed by atoms with Gasteiger partial charge in [-0.15, -0.1) is 11.3 Å². The highest BCUT2D eigenvalue weighted by Crippen LogP contribution is 2.35. The third kappa shape index (κ3) is 2.89. The average molecular weight is 321 g/mol. The molecule has 2 nitrogen and oxygen atoms in total. The van der Waals surface area contributed by atoms with Crippen LogP contribution in [0.25, 0.3) is 21.2 Å². The normalized spacial score (nSPS) is 14.1. The second kappa shape index (κ2) is 5.82. The van der Waals surface area contributed by atoms with Gasteiger partial charge in [-0.3, -0.25) is 4.79 Å². The van der Waals surface area contributed by atoms with E-state index in [1.807, 2.05) is 36.2 Å². The summed E-state index contributed by atoms with van der Waals surface area (Å²) in [5.41, 5.74) is 3.11. The molecule has 1 aliphatic rings. The Morgan fingerprint density at radius 3 is 2.70 bits per heavy atom. The Hall–Kier alpha value is -2.13. The fourth-order valence-electron chi connectivity index (χ4n) is 3.03. The Morgan fingerprint density at radius 2 is 1.96 bits per heavy atom. The SMILES string of the molecule is CN(CC1CC1)C(=O)c1cc(-c2ccccc2)c2sccc2c1. The second-order valence-electron chi connectivity index (χ2n) is 6.36. The number of rotatable bonds is 4. The van der Waals surface area contributed by atoms with Gasteiger partial charge in [0.05, 0.1) is 0 Å². The van der Waals surface area contributed by atoms with Crippen molar-refractivity contribution < 1.29 is 4.79 Å². The van der Waals surface area contributed by atoms with Gasteiger partial charge in [0.15, 0.2) is 0 Å². The van der Waals surface area contributed by atoms with E-state index in [1.54, 1.807) is 11.3 Å². The first kappa shape index (κ1) is 14.5. The molecule has 3 heteroatoms. The molecular weight excluding hydrogens is 302 g/mol. The highest BCUT2D eigenvalue weighted by Gasteiger charge is 2.25. The minimum absolute atomic E-state index is 0.127. The molecule has 0 radical (unpaired) electrons. The molecule has 1 aromatic heterocycles. The van der Waals surface area contributed by atoms with E-state index in [9.17, 15) is 4.79 Å². The Kier molecular flexibility index (Phi) is 3.66. The summed E-state index contributed by atoms with van der Waals surface area (Å²) in [7, 11) is 1.92. The molecular formula is C20H19NOS. The molecule has 1 heterocycles. The first-order valence-electron chi connectivity index (χ1n) is 8.04. The minimum atomic E-state index is 0.127. The average Bonchev–Trinajstić information content (AvgIpc) is 3.27. The van der Waals surface area contributed by atoms with Gasteiger partial charge in [-0.25, -0.2) is 0 Å². The molecule has 2 aromatic carbocycles. The lowest BCUT2D eigenvalue weighted by atomic mass is 10.0. The smallest absolute Gasteiger partial charge is 0.253 e. The highest BCUT2D eigenvalue weighted by molar-refractivity contribution is 7.17. The van der Waals surface area contributed by atoms with Crippen LogP contribution in [-0.2, 0) is 0 Å². The van der Waals surface area contributed by atoms with Crippen molar-refractivity contribution in [1.82, 2.24) is 4.90 Å². The zero-order chi connectivity index (χ0) is 15.8. The Balaban J connectivity index is 1.77. The number of fused-ring (bicyclic) bond motifs is 1. The van der Waals surface area contributed by atoms with Crippen molar-refractivity contribution in [2.45, 2.75) is 12.8 Å². The number of nitrogens with zero attached hydrogens (tertiary/aromatic N) is 1. The predicted octanol–water partition coefficient (Wildman–Crippen LogP) is 5.05. The summed E-state index contributed by atoms with van der Waals surface area (Å²) in [6.07, 6.45) is 2.52. The van der Waals surface area contributed by atoms with Crippen LogP contribution < -0.4 is 0 Å². The van der Waals surface area contributed by atoms with Crippen LogP contribution in [0.4, 0.5) is 0 Å². The molecule has 1 amide bonds. The van der Waals surface area contributed by atoms with Gasteiger partial charge in [0.25, 0.3) is 5.91 Å². The molecule has 3 aromatic rings. The topological polar surface area (TPSA) is 20.3 Å². The minimum Gasteiger partial charge on any atom is -0.341 e. The number of carbonyl (C=O) groups is 1. The first-order valence-corrected chi connectivity index (χ1v) is 8.92. The van der Waals surface area contributed by atoms with Gasteiger partial charge < -0.3 is 4.90 Å². The molecule has 0 bridgehead atoms. The number of benzene rings is 2. The van der Waals surface area contributed by atoms with E-state index in [4.69, 9.17) is 0 Å². The molecule has 0 aliphatic heterocycles. The number of hydrogen-bond donors (Lipinski definition) is 0. The predicted molar refractivity (Wildman–Crippen MR) is 96.9 cm³/mol. The van der Waals surface area contributed by atoms with Crippen LogP contribution >= 0.6 is 11.3 Å². The van der Waals surface area contributed by atoms with Gasteiger partial charge in [-0.1, -0.05) is 30.3 Å². The molecule has 116 valence electrons. The summed E-state index contributed by atoms with van der Waals surface area (Å²) in [6.45, 7) is 0.876. The molecule has 0 saturated heterocycles.